The predicted octanol–water partition coefficient (Wildman–Crippen LogP) is 4.31. The van der Waals surface area contributed by atoms with Crippen molar-refractivity contribution in [3.8, 4) is 23.1 Å². The van der Waals surface area contributed by atoms with Crippen molar-refractivity contribution in [3.63, 3.8) is 0 Å². The van der Waals surface area contributed by atoms with Gasteiger partial charge in [0.2, 0.25) is 11.8 Å². The van der Waals surface area contributed by atoms with Gasteiger partial charge in [-0.1, -0.05) is 0 Å². The van der Waals surface area contributed by atoms with Crippen molar-refractivity contribution in [1.29, 1.82) is 0 Å². The lowest BCUT2D eigenvalue weighted by Gasteiger charge is -2.26. The number of alkyl halides is 2. The molecule has 1 atom stereocenters. The van der Waals surface area contributed by atoms with Gasteiger partial charge in [-0.05, 0) is 26.0 Å². The molecule has 31 heavy (non-hydrogen) atoms. The van der Waals surface area contributed by atoms with Gasteiger partial charge < -0.3 is 19.2 Å². The molecule has 164 valence electrons. The molecule has 0 aliphatic heterocycles. The third kappa shape index (κ3) is 4.73. The van der Waals surface area contributed by atoms with Crippen LogP contribution in [0.3, 0.4) is 0 Å². The quantitative estimate of drug-likeness (QED) is 0.557. The zero-order valence-electron chi connectivity index (χ0n) is 17.0. The second-order valence-corrected chi connectivity index (χ2v) is 7.92. The van der Waals surface area contributed by atoms with Gasteiger partial charge in [0.1, 0.15) is 17.0 Å². The Morgan fingerprint density at radius 3 is 2.71 bits per heavy atom. The SMILES string of the molecule is CC(=O)NC(C)(C)Oc1cnc(-c2nc3ccc(OC[C@@H]4CC4(F)F)cc3o2)c(F)c1. The van der Waals surface area contributed by atoms with Crippen LogP contribution in [0, 0.1) is 11.7 Å². The van der Waals surface area contributed by atoms with Gasteiger partial charge in [0.25, 0.3) is 5.92 Å². The van der Waals surface area contributed by atoms with E-state index in [1.807, 2.05) is 0 Å². The summed E-state index contributed by atoms with van der Waals surface area (Å²) < 4.78 is 57.2. The van der Waals surface area contributed by atoms with E-state index in [0.29, 0.717) is 16.8 Å². The van der Waals surface area contributed by atoms with Crippen molar-refractivity contribution in [2.75, 3.05) is 6.61 Å². The van der Waals surface area contributed by atoms with Gasteiger partial charge in [-0.2, -0.15) is 0 Å². The largest absolute Gasteiger partial charge is 0.493 e. The van der Waals surface area contributed by atoms with E-state index >= 15 is 0 Å². The molecule has 1 amide bonds. The number of nitrogens with one attached hydrogen (secondary N) is 1. The van der Waals surface area contributed by atoms with Gasteiger partial charge in [-0.15, -0.1) is 0 Å². The van der Waals surface area contributed by atoms with Crippen molar-refractivity contribution in [3.05, 3.63) is 36.3 Å². The maximum absolute atomic E-state index is 14.6. The van der Waals surface area contributed by atoms with E-state index in [-0.39, 0.29) is 36.3 Å². The van der Waals surface area contributed by atoms with Crippen LogP contribution in [0.5, 0.6) is 11.5 Å². The number of ether oxygens (including phenoxy) is 2. The van der Waals surface area contributed by atoms with Crippen molar-refractivity contribution in [1.82, 2.24) is 15.3 Å². The topological polar surface area (TPSA) is 86.5 Å². The highest BCUT2D eigenvalue weighted by Crippen LogP contribution is 2.48. The smallest absolute Gasteiger partial charge is 0.255 e. The van der Waals surface area contributed by atoms with Crippen LogP contribution in [-0.2, 0) is 4.79 Å². The summed E-state index contributed by atoms with van der Waals surface area (Å²) in [4.78, 5) is 19.5. The highest BCUT2D eigenvalue weighted by atomic mass is 19.3. The summed E-state index contributed by atoms with van der Waals surface area (Å²) in [6, 6.07) is 5.80. The number of carbonyl (C=O) groups is 1. The van der Waals surface area contributed by atoms with Crippen molar-refractivity contribution in [2.24, 2.45) is 5.92 Å². The number of benzene rings is 1. The van der Waals surface area contributed by atoms with Gasteiger partial charge in [-0.25, -0.2) is 23.1 Å². The molecule has 0 spiro atoms. The first-order chi connectivity index (χ1) is 14.5. The predicted molar refractivity (Wildman–Crippen MR) is 104 cm³/mol. The first kappa shape index (κ1) is 21.0. The van der Waals surface area contributed by atoms with Crippen LogP contribution in [0.4, 0.5) is 13.2 Å². The summed E-state index contributed by atoms with van der Waals surface area (Å²) in [6.45, 7) is 4.49. The van der Waals surface area contributed by atoms with E-state index in [9.17, 15) is 18.0 Å². The Bertz CT molecular complexity index is 1150. The molecule has 7 nitrogen and oxygen atoms in total. The third-order valence-corrected chi connectivity index (χ3v) is 4.64. The molecule has 1 saturated carbocycles. The number of pyridine rings is 1. The zero-order valence-corrected chi connectivity index (χ0v) is 17.0. The Hall–Kier alpha value is -3.30. The number of amides is 1. The minimum atomic E-state index is -2.65. The molecule has 10 heteroatoms. The molecular formula is C21H20F3N3O4. The number of hydrogen-bond donors (Lipinski definition) is 1. The van der Waals surface area contributed by atoms with Gasteiger partial charge in [0.05, 0.1) is 18.7 Å². The zero-order chi connectivity index (χ0) is 22.4. The summed E-state index contributed by atoms with van der Waals surface area (Å²) in [5.74, 6) is -4.03. The molecule has 4 rings (SSSR count). The number of aromatic nitrogens is 2. The molecule has 1 aliphatic rings. The van der Waals surface area contributed by atoms with Crippen molar-refractivity contribution in [2.45, 2.75) is 38.8 Å². The van der Waals surface area contributed by atoms with E-state index in [2.05, 4.69) is 15.3 Å². The number of nitrogens with zero attached hydrogens (tertiary/aromatic N) is 2. The maximum atomic E-state index is 14.6. The molecular weight excluding hydrogens is 415 g/mol. The Morgan fingerprint density at radius 1 is 1.32 bits per heavy atom. The normalized spacial score (nSPS) is 17.4. The molecule has 1 aliphatic carbocycles. The number of hydrogen-bond acceptors (Lipinski definition) is 6. The minimum absolute atomic E-state index is 0.0500. The fourth-order valence-electron chi connectivity index (χ4n) is 3.12. The number of halogens is 3. The summed E-state index contributed by atoms with van der Waals surface area (Å²) in [5, 5.41) is 2.59. The number of oxazole rings is 1. The van der Waals surface area contributed by atoms with Crippen LogP contribution < -0.4 is 14.8 Å². The molecule has 3 aromatic rings. The maximum Gasteiger partial charge on any atom is 0.255 e. The van der Waals surface area contributed by atoms with Gasteiger partial charge in [-0.3, -0.25) is 4.79 Å². The number of carbonyl (C=O) groups excluding carboxylic acids is 1. The van der Waals surface area contributed by atoms with E-state index in [1.165, 1.54) is 19.2 Å². The Kier molecular flexibility index (Phi) is 5.03. The van der Waals surface area contributed by atoms with Crippen LogP contribution in [0.1, 0.15) is 27.2 Å². The van der Waals surface area contributed by atoms with Crippen LogP contribution in [0.25, 0.3) is 22.7 Å². The van der Waals surface area contributed by atoms with E-state index in [4.69, 9.17) is 13.9 Å². The first-order valence-electron chi connectivity index (χ1n) is 9.57. The molecule has 0 unspecified atom stereocenters. The van der Waals surface area contributed by atoms with Crippen LogP contribution in [0.2, 0.25) is 0 Å². The Morgan fingerprint density at radius 2 is 2.06 bits per heavy atom. The molecule has 0 radical (unpaired) electrons. The second kappa shape index (κ2) is 7.44. The van der Waals surface area contributed by atoms with Crippen molar-refractivity contribution >= 4 is 17.0 Å². The third-order valence-electron chi connectivity index (χ3n) is 4.64. The Balaban J connectivity index is 1.50. The van der Waals surface area contributed by atoms with E-state index in [0.717, 1.165) is 6.07 Å². The highest BCUT2D eigenvalue weighted by molar-refractivity contribution is 5.77. The average molecular weight is 435 g/mol. The first-order valence-corrected chi connectivity index (χ1v) is 9.57. The fourth-order valence-corrected chi connectivity index (χ4v) is 3.12. The lowest BCUT2D eigenvalue weighted by Crippen LogP contribution is -2.47. The monoisotopic (exact) mass is 435 g/mol. The average Bonchev–Trinajstić information content (AvgIpc) is 3.06. The Labute approximate surface area is 175 Å². The van der Waals surface area contributed by atoms with Gasteiger partial charge in [0, 0.05) is 25.5 Å². The van der Waals surface area contributed by atoms with Crippen LogP contribution in [-0.4, -0.2) is 34.1 Å². The molecule has 2 aromatic heterocycles. The summed E-state index contributed by atoms with van der Waals surface area (Å²) >= 11 is 0. The molecule has 1 aromatic carbocycles. The number of fused-ring (bicyclic) bond motifs is 1. The fraction of sp³-hybridized carbons (Fsp3) is 0.381. The molecule has 0 bridgehead atoms. The standard InChI is InChI=1S/C21H20F3N3O4/c1-11(28)27-20(2,3)31-14-6-15(22)18(25-9-14)19-26-16-5-4-13(7-17(16)30-19)29-10-12-8-21(12,23)24/h4-7,9,12H,8,10H2,1-3H3,(H,27,28)/t12-/m0/s1. The van der Waals surface area contributed by atoms with Gasteiger partial charge >= 0.3 is 0 Å². The second-order valence-electron chi connectivity index (χ2n) is 7.92. The molecule has 1 N–H and O–H groups in total. The van der Waals surface area contributed by atoms with E-state index < -0.39 is 23.4 Å². The molecule has 2 heterocycles. The lowest BCUT2D eigenvalue weighted by atomic mass is 10.3. The van der Waals surface area contributed by atoms with Crippen LogP contribution in [0.15, 0.2) is 34.9 Å². The highest BCUT2D eigenvalue weighted by Gasteiger charge is 2.57. The van der Waals surface area contributed by atoms with Gasteiger partial charge in [0.15, 0.2) is 22.8 Å². The minimum Gasteiger partial charge on any atom is -0.493 e. The molecule has 1 fully saturated rings. The molecule has 0 saturated heterocycles. The lowest BCUT2D eigenvalue weighted by molar-refractivity contribution is -0.123. The summed E-state index contributed by atoms with van der Waals surface area (Å²) in [7, 11) is 0. The van der Waals surface area contributed by atoms with Crippen LogP contribution >= 0.6 is 0 Å². The number of rotatable bonds is 7. The van der Waals surface area contributed by atoms with Crippen molar-refractivity contribution < 1.29 is 31.9 Å². The summed E-state index contributed by atoms with van der Waals surface area (Å²) in [6.07, 6.45) is 1.12. The summed E-state index contributed by atoms with van der Waals surface area (Å²) in [5.41, 5.74) is -0.434. The van der Waals surface area contributed by atoms with E-state index in [1.54, 1.807) is 26.0 Å².